The second-order valence-electron chi connectivity index (χ2n) is 5.60. The van der Waals surface area contributed by atoms with Crippen LogP contribution in [0.3, 0.4) is 0 Å². The molecule has 1 N–H and O–H groups in total. The summed E-state index contributed by atoms with van der Waals surface area (Å²) in [5, 5.41) is 4.36. The van der Waals surface area contributed by atoms with Crippen molar-refractivity contribution in [1.82, 2.24) is 24.6 Å². The van der Waals surface area contributed by atoms with Crippen molar-refractivity contribution in [2.45, 2.75) is 6.92 Å². The minimum absolute atomic E-state index is 0.125. The lowest BCUT2D eigenvalue weighted by molar-refractivity contribution is 0.632. The molecule has 0 saturated carbocycles. The summed E-state index contributed by atoms with van der Waals surface area (Å²) in [6.07, 6.45) is 3.21. The molecule has 0 aromatic carbocycles. The fraction of sp³-hybridized carbons (Fsp3) is 0.333. The first kappa shape index (κ1) is 13.7. The Morgan fingerprint density at radius 1 is 1.13 bits per heavy atom. The standard InChI is InChI=1S/C15H17N7O/c1-11-8-15(22-12(19-11)2-3-18-22)21-6-4-20(5-7-21)13-9-14(23)17-10-16-13/h2-3,8-10H,4-7H2,1H3,(H,16,17,23). The van der Waals surface area contributed by atoms with Gasteiger partial charge >= 0.3 is 0 Å². The second kappa shape index (κ2) is 5.38. The maximum Gasteiger partial charge on any atom is 0.252 e. The van der Waals surface area contributed by atoms with E-state index in [9.17, 15) is 4.79 Å². The molecule has 0 radical (unpaired) electrons. The van der Waals surface area contributed by atoms with E-state index in [1.165, 1.54) is 12.4 Å². The normalized spacial score (nSPS) is 15.3. The van der Waals surface area contributed by atoms with Gasteiger partial charge in [0.05, 0.1) is 12.5 Å². The molecule has 0 spiro atoms. The van der Waals surface area contributed by atoms with Crippen LogP contribution in [0.25, 0.3) is 5.65 Å². The average Bonchev–Trinajstić information content (AvgIpc) is 3.02. The van der Waals surface area contributed by atoms with Crippen LogP contribution in [0.4, 0.5) is 11.6 Å². The fourth-order valence-corrected chi connectivity index (χ4v) is 2.94. The van der Waals surface area contributed by atoms with Crippen LogP contribution in [0, 0.1) is 6.92 Å². The molecule has 1 saturated heterocycles. The molecule has 0 bridgehead atoms. The Hall–Kier alpha value is -2.90. The SMILES string of the molecule is Cc1cc(N2CCN(c3cc(=O)[nH]cn3)CC2)n2nccc2n1. The zero-order chi connectivity index (χ0) is 15.8. The van der Waals surface area contributed by atoms with E-state index in [-0.39, 0.29) is 5.56 Å². The molecule has 0 atom stereocenters. The Morgan fingerprint density at radius 2 is 1.91 bits per heavy atom. The summed E-state index contributed by atoms with van der Waals surface area (Å²) < 4.78 is 1.87. The van der Waals surface area contributed by atoms with E-state index >= 15 is 0 Å². The van der Waals surface area contributed by atoms with Crippen LogP contribution in [-0.2, 0) is 0 Å². The molecule has 0 aliphatic carbocycles. The summed E-state index contributed by atoms with van der Waals surface area (Å²) in [5.41, 5.74) is 1.71. The molecule has 118 valence electrons. The first-order chi connectivity index (χ1) is 11.2. The lowest BCUT2D eigenvalue weighted by Crippen LogP contribution is -2.47. The Bertz CT molecular complexity index is 892. The average molecular weight is 311 g/mol. The third-order valence-corrected chi connectivity index (χ3v) is 4.06. The van der Waals surface area contributed by atoms with Gasteiger partial charge in [-0.25, -0.2) is 9.97 Å². The number of nitrogens with one attached hydrogen (secondary N) is 1. The Kier molecular flexibility index (Phi) is 3.22. The van der Waals surface area contributed by atoms with Crippen molar-refractivity contribution < 1.29 is 0 Å². The largest absolute Gasteiger partial charge is 0.353 e. The van der Waals surface area contributed by atoms with Crippen molar-refractivity contribution in [2.75, 3.05) is 36.0 Å². The highest BCUT2D eigenvalue weighted by atomic mass is 16.1. The second-order valence-corrected chi connectivity index (χ2v) is 5.60. The molecule has 4 rings (SSSR count). The molecule has 0 unspecified atom stereocenters. The number of fused-ring (bicyclic) bond motifs is 1. The van der Waals surface area contributed by atoms with E-state index in [4.69, 9.17) is 0 Å². The molecule has 3 aromatic heterocycles. The summed E-state index contributed by atoms with van der Waals surface area (Å²) >= 11 is 0. The number of rotatable bonds is 2. The van der Waals surface area contributed by atoms with Crippen LogP contribution in [0.5, 0.6) is 0 Å². The molecule has 23 heavy (non-hydrogen) atoms. The van der Waals surface area contributed by atoms with Crippen LogP contribution in [0.2, 0.25) is 0 Å². The van der Waals surface area contributed by atoms with Crippen molar-refractivity contribution >= 4 is 17.3 Å². The van der Waals surface area contributed by atoms with Crippen molar-refractivity contribution in [3.8, 4) is 0 Å². The van der Waals surface area contributed by atoms with Crippen LogP contribution in [0.15, 0.2) is 35.5 Å². The van der Waals surface area contributed by atoms with E-state index in [0.717, 1.165) is 49.2 Å². The van der Waals surface area contributed by atoms with Gasteiger partial charge in [0.15, 0.2) is 5.65 Å². The quantitative estimate of drug-likeness (QED) is 0.740. The number of aromatic amines is 1. The van der Waals surface area contributed by atoms with Gasteiger partial charge in [0.1, 0.15) is 11.6 Å². The van der Waals surface area contributed by atoms with Gasteiger partial charge in [-0.05, 0) is 6.92 Å². The Balaban J connectivity index is 1.57. The monoisotopic (exact) mass is 311 g/mol. The molecule has 0 amide bonds. The number of nitrogens with zero attached hydrogens (tertiary/aromatic N) is 6. The van der Waals surface area contributed by atoms with Crippen LogP contribution in [0.1, 0.15) is 5.69 Å². The number of aryl methyl sites for hydroxylation is 1. The summed E-state index contributed by atoms with van der Waals surface area (Å²) in [5.74, 6) is 1.78. The number of anilines is 2. The number of hydrogen-bond donors (Lipinski definition) is 1. The van der Waals surface area contributed by atoms with Gasteiger partial charge in [-0.2, -0.15) is 9.61 Å². The predicted octanol–water partition coefficient (Wildman–Crippen LogP) is 0.448. The lowest BCUT2D eigenvalue weighted by atomic mass is 10.3. The molecular formula is C15H17N7O. The number of hydrogen-bond acceptors (Lipinski definition) is 6. The smallest absolute Gasteiger partial charge is 0.252 e. The maximum absolute atomic E-state index is 11.4. The highest BCUT2D eigenvalue weighted by Gasteiger charge is 2.21. The first-order valence-electron chi connectivity index (χ1n) is 7.57. The van der Waals surface area contributed by atoms with Gasteiger partial charge in [0.25, 0.3) is 5.56 Å². The van der Waals surface area contributed by atoms with Crippen LogP contribution in [-0.4, -0.2) is 50.7 Å². The highest BCUT2D eigenvalue weighted by Crippen LogP contribution is 2.20. The number of aromatic nitrogens is 5. The van der Waals surface area contributed by atoms with Crippen LogP contribution >= 0.6 is 0 Å². The van der Waals surface area contributed by atoms with E-state index in [0.29, 0.717) is 0 Å². The fourth-order valence-electron chi connectivity index (χ4n) is 2.94. The zero-order valence-electron chi connectivity index (χ0n) is 12.8. The molecule has 1 aliphatic heterocycles. The third-order valence-electron chi connectivity index (χ3n) is 4.06. The van der Waals surface area contributed by atoms with Crippen LogP contribution < -0.4 is 15.4 Å². The molecular weight excluding hydrogens is 294 g/mol. The van der Waals surface area contributed by atoms with E-state index in [2.05, 4.69) is 35.9 Å². The molecule has 1 fully saturated rings. The van der Waals surface area contributed by atoms with Gasteiger partial charge in [-0.15, -0.1) is 0 Å². The van der Waals surface area contributed by atoms with Gasteiger partial charge in [-0.1, -0.05) is 0 Å². The maximum atomic E-state index is 11.4. The summed E-state index contributed by atoms with van der Waals surface area (Å²) in [4.78, 5) is 27.1. The van der Waals surface area contributed by atoms with E-state index < -0.39 is 0 Å². The molecule has 4 heterocycles. The van der Waals surface area contributed by atoms with Gasteiger partial charge in [-0.3, -0.25) is 4.79 Å². The van der Waals surface area contributed by atoms with Crippen molar-refractivity contribution in [1.29, 1.82) is 0 Å². The Morgan fingerprint density at radius 3 is 2.70 bits per heavy atom. The summed E-state index contributed by atoms with van der Waals surface area (Å²) in [6, 6.07) is 5.51. The summed E-state index contributed by atoms with van der Waals surface area (Å²) in [7, 11) is 0. The minimum atomic E-state index is -0.125. The topological polar surface area (TPSA) is 82.4 Å². The molecule has 8 heteroatoms. The van der Waals surface area contributed by atoms with E-state index in [1.54, 1.807) is 6.20 Å². The Labute approximate surface area is 132 Å². The molecule has 8 nitrogen and oxygen atoms in total. The van der Waals surface area contributed by atoms with E-state index in [1.807, 2.05) is 17.5 Å². The minimum Gasteiger partial charge on any atom is -0.353 e. The third kappa shape index (κ3) is 2.52. The van der Waals surface area contributed by atoms with Crippen molar-refractivity contribution in [3.63, 3.8) is 0 Å². The number of H-pyrrole nitrogens is 1. The van der Waals surface area contributed by atoms with Crippen molar-refractivity contribution in [3.05, 3.63) is 46.8 Å². The first-order valence-corrected chi connectivity index (χ1v) is 7.57. The highest BCUT2D eigenvalue weighted by molar-refractivity contribution is 5.52. The predicted molar refractivity (Wildman–Crippen MR) is 87.0 cm³/mol. The number of piperazine rings is 1. The zero-order valence-corrected chi connectivity index (χ0v) is 12.8. The molecule has 3 aromatic rings. The summed E-state index contributed by atoms with van der Waals surface area (Å²) in [6.45, 7) is 5.29. The van der Waals surface area contributed by atoms with Gasteiger partial charge in [0.2, 0.25) is 0 Å². The molecule has 1 aliphatic rings. The van der Waals surface area contributed by atoms with Gasteiger partial charge in [0, 0.05) is 50.1 Å². The lowest BCUT2D eigenvalue weighted by Gasteiger charge is -2.36. The van der Waals surface area contributed by atoms with Gasteiger partial charge < -0.3 is 14.8 Å². The van der Waals surface area contributed by atoms with Crippen molar-refractivity contribution in [2.24, 2.45) is 0 Å².